The molecule has 0 spiro atoms. The van der Waals surface area contributed by atoms with Crippen molar-refractivity contribution in [3.63, 3.8) is 0 Å². The van der Waals surface area contributed by atoms with Crippen LogP contribution in [0.15, 0.2) is 41.3 Å². The topological polar surface area (TPSA) is 75.3 Å². The molecule has 0 saturated heterocycles. The van der Waals surface area contributed by atoms with E-state index in [1.54, 1.807) is 44.2 Å². The summed E-state index contributed by atoms with van der Waals surface area (Å²) < 4.78 is 27.0. The largest absolute Gasteiger partial charge is 0.324 e. The molecule has 2 aromatic carbocycles. The summed E-state index contributed by atoms with van der Waals surface area (Å²) in [5.74, 6) is -0.548. The zero-order valence-corrected chi connectivity index (χ0v) is 15.4. The Kier molecular flexibility index (Phi) is 5.87. The second-order valence-electron chi connectivity index (χ2n) is 5.24. The minimum Gasteiger partial charge on any atom is -0.324 e. The third kappa shape index (κ3) is 4.48. The molecule has 0 aliphatic heterocycles. The van der Waals surface area contributed by atoms with E-state index in [4.69, 9.17) is 23.2 Å². The minimum absolute atomic E-state index is 0.149. The zero-order valence-electron chi connectivity index (χ0n) is 13.1. The van der Waals surface area contributed by atoms with Gasteiger partial charge in [-0.15, -0.1) is 0 Å². The van der Waals surface area contributed by atoms with Crippen LogP contribution in [-0.4, -0.2) is 20.9 Å². The molecule has 2 aromatic rings. The number of hydrogen-bond donors (Lipinski definition) is 2. The van der Waals surface area contributed by atoms with E-state index in [9.17, 15) is 13.2 Å². The van der Waals surface area contributed by atoms with Crippen molar-refractivity contribution in [3.05, 3.63) is 57.6 Å². The third-order valence-electron chi connectivity index (χ3n) is 3.28. The molecule has 0 fully saturated rings. The summed E-state index contributed by atoms with van der Waals surface area (Å²) in [5, 5.41) is 3.01. The molecule has 0 aliphatic rings. The van der Waals surface area contributed by atoms with Gasteiger partial charge in [0.1, 0.15) is 0 Å². The average Bonchev–Trinajstić information content (AvgIpc) is 2.52. The van der Waals surface area contributed by atoms with Gasteiger partial charge in [0.2, 0.25) is 15.9 Å². The monoisotopic (exact) mass is 386 g/mol. The van der Waals surface area contributed by atoms with Crippen LogP contribution in [0.1, 0.15) is 11.1 Å². The Labute approximate surface area is 151 Å². The first-order chi connectivity index (χ1) is 11.2. The Morgan fingerprint density at radius 2 is 1.83 bits per heavy atom. The number of carbonyl (C=O) groups is 1. The number of aryl methyl sites for hydroxylation is 2. The van der Waals surface area contributed by atoms with E-state index < -0.39 is 22.5 Å². The first-order valence-electron chi connectivity index (χ1n) is 7.01. The summed E-state index contributed by atoms with van der Waals surface area (Å²) in [7, 11) is -3.79. The Hall–Kier alpha value is -1.60. The van der Waals surface area contributed by atoms with Gasteiger partial charge in [-0.3, -0.25) is 4.79 Å². The van der Waals surface area contributed by atoms with Crippen LogP contribution in [0.4, 0.5) is 5.69 Å². The summed E-state index contributed by atoms with van der Waals surface area (Å²) in [4.78, 5) is 12.1. The van der Waals surface area contributed by atoms with Crippen molar-refractivity contribution in [1.29, 1.82) is 0 Å². The molecule has 0 saturated carbocycles. The lowest BCUT2D eigenvalue weighted by molar-refractivity contribution is -0.115. The molecule has 2 rings (SSSR count). The number of rotatable bonds is 5. The number of nitrogens with one attached hydrogen (secondary N) is 2. The van der Waals surface area contributed by atoms with Gasteiger partial charge in [0.15, 0.2) is 0 Å². The second-order valence-corrected chi connectivity index (χ2v) is 7.76. The number of anilines is 1. The minimum atomic E-state index is -3.79. The van der Waals surface area contributed by atoms with Crippen LogP contribution in [0, 0.1) is 13.8 Å². The Morgan fingerprint density at radius 1 is 1.12 bits per heavy atom. The fraction of sp³-hybridized carbons (Fsp3) is 0.188. The molecule has 1 amide bonds. The van der Waals surface area contributed by atoms with Crippen LogP contribution in [-0.2, 0) is 14.8 Å². The standard InChI is InChI=1S/C16H16Cl2N2O3S/c1-10-6-7-11(2)14(8-10)24(22,23)19-9-15(21)20-13-5-3-4-12(17)16(13)18/h3-8,19H,9H2,1-2H3,(H,20,21). The van der Waals surface area contributed by atoms with Gasteiger partial charge in [0, 0.05) is 0 Å². The maximum atomic E-state index is 12.3. The Morgan fingerprint density at radius 3 is 2.54 bits per heavy atom. The van der Waals surface area contributed by atoms with Gasteiger partial charge in [-0.2, -0.15) is 0 Å². The molecule has 2 N–H and O–H groups in total. The molecule has 0 bridgehead atoms. The second kappa shape index (κ2) is 7.53. The molecule has 128 valence electrons. The van der Waals surface area contributed by atoms with Crippen molar-refractivity contribution >= 4 is 44.8 Å². The smallest absolute Gasteiger partial charge is 0.241 e. The molecule has 0 unspecified atom stereocenters. The molecule has 0 aliphatic carbocycles. The van der Waals surface area contributed by atoms with E-state index in [1.807, 2.05) is 6.07 Å². The van der Waals surface area contributed by atoms with E-state index >= 15 is 0 Å². The molecule has 24 heavy (non-hydrogen) atoms. The molecular formula is C16H16Cl2N2O3S. The summed E-state index contributed by atoms with van der Waals surface area (Å²) in [5.41, 5.74) is 1.74. The zero-order chi connectivity index (χ0) is 17.9. The van der Waals surface area contributed by atoms with Crippen molar-refractivity contribution in [3.8, 4) is 0 Å². The van der Waals surface area contributed by atoms with Crippen molar-refractivity contribution in [2.75, 3.05) is 11.9 Å². The van der Waals surface area contributed by atoms with Crippen LogP contribution in [0.5, 0.6) is 0 Å². The van der Waals surface area contributed by atoms with Crippen LogP contribution in [0.3, 0.4) is 0 Å². The summed E-state index contributed by atoms with van der Waals surface area (Å²) >= 11 is 11.8. The highest BCUT2D eigenvalue weighted by Gasteiger charge is 2.18. The van der Waals surface area contributed by atoms with Crippen molar-refractivity contribution in [2.24, 2.45) is 0 Å². The normalized spacial score (nSPS) is 11.3. The van der Waals surface area contributed by atoms with Crippen molar-refractivity contribution in [1.82, 2.24) is 4.72 Å². The van der Waals surface area contributed by atoms with Crippen molar-refractivity contribution < 1.29 is 13.2 Å². The number of hydrogen-bond acceptors (Lipinski definition) is 3. The highest BCUT2D eigenvalue weighted by molar-refractivity contribution is 7.89. The van der Waals surface area contributed by atoms with Gasteiger partial charge in [0.25, 0.3) is 0 Å². The highest BCUT2D eigenvalue weighted by Crippen LogP contribution is 2.29. The molecule has 0 aromatic heterocycles. The lowest BCUT2D eigenvalue weighted by Crippen LogP contribution is -2.33. The highest BCUT2D eigenvalue weighted by atomic mass is 35.5. The number of amides is 1. The van der Waals surface area contributed by atoms with Gasteiger partial charge in [-0.1, -0.05) is 41.4 Å². The number of carbonyl (C=O) groups excluding carboxylic acids is 1. The average molecular weight is 387 g/mol. The first-order valence-corrected chi connectivity index (χ1v) is 9.25. The summed E-state index contributed by atoms with van der Waals surface area (Å²) in [6.45, 7) is 3.07. The maximum Gasteiger partial charge on any atom is 0.241 e. The fourth-order valence-electron chi connectivity index (χ4n) is 2.03. The van der Waals surface area contributed by atoms with Gasteiger partial charge in [0.05, 0.1) is 27.2 Å². The predicted molar refractivity (Wildman–Crippen MR) is 96.2 cm³/mol. The van der Waals surface area contributed by atoms with E-state index in [2.05, 4.69) is 10.0 Å². The maximum absolute atomic E-state index is 12.3. The Balaban J connectivity index is 2.08. The summed E-state index contributed by atoms with van der Waals surface area (Å²) in [6.07, 6.45) is 0. The number of sulfonamides is 1. The van der Waals surface area contributed by atoms with E-state index in [0.717, 1.165) is 5.56 Å². The third-order valence-corrected chi connectivity index (χ3v) is 5.64. The molecule has 0 heterocycles. The SMILES string of the molecule is Cc1ccc(C)c(S(=O)(=O)NCC(=O)Nc2cccc(Cl)c2Cl)c1. The van der Waals surface area contributed by atoms with Gasteiger partial charge in [-0.25, -0.2) is 13.1 Å². The molecule has 5 nitrogen and oxygen atoms in total. The van der Waals surface area contributed by atoms with E-state index in [0.29, 0.717) is 16.3 Å². The first kappa shape index (κ1) is 18.7. The number of benzene rings is 2. The van der Waals surface area contributed by atoms with Crippen molar-refractivity contribution in [2.45, 2.75) is 18.7 Å². The van der Waals surface area contributed by atoms with Gasteiger partial charge >= 0.3 is 0 Å². The molecule has 0 atom stereocenters. The van der Waals surface area contributed by atoms with Crippen LogP contribution >= 0.6 is 23.2 Å². The van der Waals surface area contributed by atoms with Gasteiger partial charge in [-0.05, 0) is 43.2 Å². The molecule has 8 heteroatoms. The fourth-order valence-corrected chi connectivity index (χ4v) is 3.69. The van der Waals surface area contributed by atoms with Gasteiger partial charge < -0.3 is 5.32 Å². The van der Waals surface area contributed by atoms with E-state index in [1.165, 1.54) is 0 Å². The predicted octanol–water partition coefficient (Wildman–Crippen LogP) is 3.53. The van der Waals surface area contributed by atoms with Crippen LogP contribution < -0.4 is 10.0 Å². The molecular weight excluding hydrogens is 371 g/mol. The van der Waals surface area contributed by atoms with Crippen LogP contribution in [0.2, 0.25) is 10.0 Å². The Bertz CT molecular complexity index is 883. The lowest BCUT2D eigenvalue weighted by atomic mass is 10.2. The lowest BCUT2D eigenvalue weighted by Gasteiger charge is -2.11. The summed E-state index contributed by atoms with van der Waals surface area (Å²) in [6, 6.07) is 9.89. The van der Waals surface area contributed by atoms with E-state index in [-0.39, 0.29) is 9.92 Å². The quantitative estimate of drug-likeness (QED) is 0.824. The molecule has 0 radical (unpaired) electrons. The van der Waals surface area contributed by atoms with Crippen LogP contribution in [0.25, 0.3) is 0 Å². The number of halogens is 2.